The molecule has 25 heavy (non-hydrogen) atoms. The molecule has 0 N–H and O–H groups in total. The summed E-state index contributed by atoms with van der Waals surface area (Å²) in [6, 6.07) is 7.30. The van der Waals surface area contributed by atoms with Crippen molar-refractivity contribution < 1.29 is 4.92 Å². The van der Waals surface area contributed by atoms with Gasteiger partial charge < -0.3 is 4.90 Å². The monoisotopic (exact) mass is 354 g/mol. The minimum absolute atomic E-state index is 0.0416. The number of hydrogen-bond acceptors (Lipinski definition) is 6. The topological polar surface area (TPSA) is 82.5 Å². The van der Waals surface area contributed by atoms with Crippen molar-refractivity contribution in [2.45, 2.75) is 25.7 Å². The highest BCUT2D eigenvalue weighted by Crippen LogP contribution is 2.39. The number of anilines is 1. The second-order valence-electron chi connectivity index (χ2n) is 6.16. The Morgan fingerprint density at radius 1 is 1.36 bits per heavy atom. The van der Waals surface area contributed by atoms with Gasteiger partial charge in [-0.1, -0.05) is 6.07 Å². The third-order valence-corrected chi connectivity index (χ3v) is 5.47. The zero-order valence-electron chi connectivity index (χ0n) is 14.2. The van der Waals surface area contributed by atoms with Crippen LogP contribution in [0.25, 0.3) is 0 Å². The number of thiophene rings is 1. The Labute approximate surface area is 150 Å². The molecular weight excluding hydrogens is 336 g/mol. The van der Waals surface area contributed by atoms with Crippen LogP contribution in [0.3, 0.4) is 0 Å². The van der Waals surface area contributed by atoms with Gasteiger partial charge in [0.1, 0.15) is 16.8 Å². The largest absolute Gasteiger partial charge is 0.372 e. The molecule has 3 rings (SSSR count). The van der Waals surface area contributed by atoms with Gasteiger partial charge >= 0.3 is 0 Å². The summed E-state index contributed by atoms with van der Waals surface area (Å²) in [7, 11) is 3.54. The molecule has 0 atom stereocenters. The Morgan fingerprint density at radius 3 is 2.80 bits per heavy atom. The molecule has 0 bridgehead atoms. The van der Waals surface area contributed by atoms with E-state index in [1.54, 1.807) is 48.7 Å². The molecule has 0 unspecified atom stereocenters. The number of nitriles is 1. The Hall–Kier alpha value is -2.72. The van der Waals surface area contributed by atoms with E-state index in [-0.39, 0.29) is 5.69 Å². The number of nitro groups is 1. The highest BCUT2D eigenvalue weighted by Gasteiger charge is 2.20. The predicted octanol–water partition coefficient (Wildman–Crippen LogP) is 4.22. The summed E-state index contributed by atoms with van der Waals surface area (Å²) in [6.45, 7) is 0. The molecule has 2 aromatic rings. The van der Waals surface area contributed by atoms with Gasteiger partial charge in [0.2, 0.25) is 0 Å². The van der Waals surface area contributed by atoms with Crippen molar-refractivity contribution in [3.8, 4) is 6.07 Å². The molecule has 7 heteroatoms. The quantitative estimate of drug-likeness (QED) is 0.467. The van der Waals surface area contributed by atoms with Crippen LogP contribution < -0.4 is 4.90 Å². The van der Waals surface area contributed by atoms with Crippen LogP contribution in [0.1, 0.15) is 34.4 Å². The fourth-order valence-corrected chi connectivity index (χ4v) is 4.22. The van der Waals surface area contributed by atoms with Crippen molar-refractivity contribution in [3.05, 3.63) is 49.9 Å². The van der Waals surface area contributed by atoms with Gasteiger partial charge in [-0.25, -0.2) is 4.99 Å². The van der Waals surface area contributed by atoms with Gasteiger partial charge in [-0.15, -0.1) is 11.3 Å². The molecule has 6 nitrogen and oxygen atoms in total. The van der Waals surface area contributed by atoms with E-state index in [1.165, 1.54) is 10.9 Å². The minimum atomic E-state index is -0.392. The highest BCUT2D eigenvalue weighted by atomic mass is 32.1. The Balaban J connectivity index is 1.95. The Morgan fingerprint density at radius 2 is 2.12 bits per heavy atom. The lowest BCUT2D eigenvalue weighted by Gasteiger charge is -2.12. The van der Waals surface area contributed by atoms with E-state index >= 15 is 0 Å². The maximum Gasteiger partial charge on any atom is 0.293 e. The van der Waals surface area contributed by atoms with Crippen molar-refractivity contribution in [2.24, 2.45) is 4.99 Å². The van der Waals surface area contributed by atoms with Crippen LogP contribution in [0.4, 0.5) is 16.4 Å². The molecule has 0 aliphatic heterocycles. The van der Waals surface area contributed by atoms with E-state index in [4.69, 9.17) is 0 Å². The van der Waals surface area contributed by atoms with Gasteiger partial charge in [-0.2, -0.15) is 5.26 Å². The molecule has 1 heterocycles. The SMILES string of the molecule is CN(C)c1ccc(/C=N/c2sc3c(c2C#N)CCCC3)cc1[N+](=O)[O-]. The number of hydrogen-bond donors (Lipinski definition) is 0. The van der Waals surface area contributed by atoms with Crippen molar-refractivity contribution in [1.82, 2.24) is 0 Å². The van der Waals surface area contributed by atoms with Crippen LogP contribution >= 0.6 is 11.3 Å². The molecule has 1 aromatic carbocycles. The number of rotatable bonds is 4. The van der Waals surface area contributed by atoms with Gasteiger partial charge in [0, 0.05) is 31.3 Å². The average molecular weight is 354 g/mol. The zero-order valence-corrected chi connectivity index (χ0v) is 15.0. The first-order valence-corrected chi connectivity index (χ1v) is 8.87. The van der Waals surface area contributed by atoms with Gasteiger partial charge in [-0.3, -0.25) is 10.1 Å². The van der Waals surface area contributed by atoms with E-state index in [0.717, 1.165) is 31.2 Å². The molecule has 0 fully saturated rings. The van der Waals surface area contributed by atoms with Gasteiger partial charge in [0.15, 0.2) is 0 Å². The van der Waals surface area contributed by atoms with Crippen molar-refractivity contribution in [1.29, 1.82) is 5.26 Å². The molecule has 0 amide bonds. The first kappa shape index (κ1) is 17.1. The molecule has 0 saturated carbocycles. The number of benzene rings is 1. The molecule has 1 aliphatic rings. The van der Waals surface area contributed by atoms with Crippen LogP contribution in [0, 0.1) is 21.4 Å². The second-order valence-corrected chi connectivity index (χ2v) is 7.24. The smallest absolute Gasteiger partial charge is 0.293 e. The van der Waals surface area contributed by atoms with Crippen molar-refractivity contribution in [2.75, 3.05) is 19.0 Å². The maximum atomic E-state index is 11.3. The van der Waals surface area contributed by atoms with E-state index < -0.39 is 4.92 Å². The van der Waals surface area contributed by atoms with Crippen LogP contribution in [0.2, 0.25) is 0 Å². The fourth-order valence-electron chi connectivity index (χ4n) is 3.04. The second kappa shape index (κ2) is 7.03. The van der Waals surface area contributed by atoms with Crippen LogP contribution in [-0.4, -0.2) is 25.2 Å². The lowest BCUT2D eigenvalue weighted by molar-refractivity contribution is -0.384. The molecule has 0 saturated heterocycles. The molecule has 128 valence electrons. The maximum absolute atomic E-state index is 11.3. The first-order valence-electron chi connectivity index (χ1n) is 8.05. The fraction of sp³-hybridized carbons (Fsp3) is 0.333. The number of aryl methyl sites for hydroxylation is 1. The third kappa shape index (κ3) is 3.39. The Kier molecular flexibility index (Phi) is 4.81. The number of aliphatic imine (C=N–C) groups is 1. The van der Waals surface area contributed by atoms with Gasteiger partial charge in [-0.05, 0) is 42.9 Å². The number of nitrogens with zero attached hydrogens (tertiary/aromatic N) is 4. The van der Waals surface area contributed by atoms with E-state index in [2.05, 4.69) is 11.1 Å². The first-order chi connectivity index (χ1) is 12.0. The van der Waals surface area contributed by atoms with E-state index in [1.807, 2.05) is 0 Å². The van der Waals surface area contributed by atoms with Crippen LogP contribution in [0.15, 0.2) is 23.2 Å². The third-order valence-electron chi connectivity index (χ3n) is 4.27. The Bertz CT molecular complexity index is 893. The van der Waals surface area contributed by atoms with E-state index in [0.29, 0.717) is 21.8 Å². The average Bonchev–Trinajstić information content (AvgIpc) is 2.97. The molecular formula is C18H18N4O2S. The summed E-state index contributed by atoms with van der Waals surface area (Å²) in [5.74, 6) is 0. The lowest BCUT2D eigenvalue weighted by atomic mass is 9.96. The number of nitro benzene ring substituents is 1. The summed E-state index contributed by atoms with van der Waals surface area (Å²) in [6.07, 6.45) is 5.81. The normalized spacial score (nSPS) is 13.5. The molecule has 0 spiro atoms. The predicted molar refractivity (Wildman–Crippen MR) is 100 cm³/mol. The molecule has 1 aromatic heterocycles. The zero-order chi connectivity index (χ0) is 18.0. The molecule has 0 radical (unpaired) electrons. The van der Waals surface area contributed by atoms with E-state index in [9.17, 15) is 15.4 Å². The standard InChI is InChI=1S/C18H18N4O2S/c1-21(2)15-8-7-12(9-16(15)22(23)24)11-20-18-14(10-19)13-5-3-4-6-17(13)25-18/h7-9,11H,3-6H2,1-2H3/b20-11+. The minimum Gasteiger partial charge on any atom is -0.372 e. The van der Waals surface area contributed by atoms with Crippen molar-refractivity contribution in [3.63, 3.8) is 0 Å². The van der Waals surface area contributed by atoms with Gasteiger partial charge in [0.25, 0.3) is 5.69 Å². The molecule has 1 aliphatic carbocycles. The summed E-state index contributed by atoms with van der Waals surface area (Å²) in [4.78, 5) is 18.3. The number of fused-ring (bicyclic) bond motifs is 1. The van der Waals surface area contributed by atoms with Crippen molar-refractivity contribution >= 4 is 33.9 Å². The summed E-state index contributed by atoms with van der Waals surface area (Å²) in [5.41, 5.74) is 3.04. The summed E-state index contributed by atoms with van der Waals surface area (Å²) >= 11 is 1.56. The summed E-state index contributed by atoms with van der Waals surface area (Å²) in [5, 5.41) is 21.4. The highest BCUT2D eigenvalue weighted by molar-refractivity contribution is 7.16. The summed E-state index contributed by atoms with van der Waals surface area (Å²) < 4.78 is 0. The van der Waals surface area contributed by atoms with Gasteiger partial charge in [0.05, 0.1) is 10.5 Å². The lowest BCUT2D eigenvalue weighted by Crippen LogP contribution is -2.11. The van der Waals surface area contributed by atoms with Crippen LogP contribution in [0.5, 0.6) is 0 Å². The van der Waals surface area contributed by atoms with Crippen LogP contribution in [-0.2, 0) is 12.8 Å².